The highest BCUT2D eigenvalue weighted by molar-refractivity contribution is 6.00. The van der Waals surface area contributed by atoms with E-state index in [0.29, 0.717) is 17.0 Å². The fourth-order valence-electron chi connectivity index (χ4n) is 1.70. The van der Waals surface area contributed by atoms with Gasteiger partial charge in [-0.2, -0.15) is 5.10 Å². The Morgan fingerprint density at radius 2 is 1.62 bits per heavy atom. The number of ether oxygens (including phenoxy) is 1. The molecule has 0 fully saturated rings. The number of hydrazone groups is 1. The maximum atomic E-state index is 12.8. The summed E-state index contributed by atoms with van der Waals surface area (Å²) in [5, 5.41) is 4.01. The lowest BCUT2D eigenvalue weighted by Gasteiger charge is -2.04. The van der Waals surface area contributed by atoms with Gasteiger partial charge >= 0.3 is 0 Å². The highest BCUT2D eigenvalue weighted by atomic mass is 19.1. The highest BCUT2D eigenvalue weighted by Gasteiger charge is 2.05. The highest BCUT2D eigenvalue weighted by Crippen LogP contribution is 2.11. The second-order valence-electron chi connectivity index (χ2n) is 4.37. The van der Waals surface area contributed by atoms with Gasteiger partial charge in [0.25, 0.3) is 5.91 Å². The van der Waals surface area contributed by atoms with Crippen molar-refractivity contribution >= 4 is 11.6 Å². The Kier molecular flexibility index (Phi) is 4.66. The van der Waals surface area contributed by atoms with Gasteiger partial charge < -0.3 is 4.74 Å². The molecule has 1 N–H and O–H groups in total. The minimum absolute atomic E-state index is 0.311. The monoisotopic (exact) mass is 286 g/mol. The lowest BCUT2D eigenvalue weighted by Crippen LogP contribution is -2.19. The number of carbonyl (C=O) groups is 1. The van der Waals surface area contributed by atoms with E-state index >= 15 is 0 Å². The molecule has 0 saturated carbocycles. The van der Waals surface area contributed by atoms with Gasteiger partial charge in [0.05, 0.1) is 12.8 Å². The van der Waals surface area contributed by atoms with Gasteiger partial charge in [-0.1, -0.05) is 12.1 Å². The summed E-state index contributed by atoms with van der Waals surface area (Å²) in [5.74, 6) is 0.0467. The molecular weight excluding hydrogens is 271 g/mol. The van der Waals surface area contributed by atoms with Crippen LogP contribution in [-0.4, -0.2) is 18.7 Å². The van der Waals surface area contributed by atoms with Crippen LogP contribution in [0.5, 0.6) is 5.75 Å². The van der Waals surface area contributed by atoms with E-state index in [0.717, 1.165) is 5.56 Å². The second kappa shape index (κ2) is 6.65. The van der Waals surface area contributed by atoms with Crippen LogP contribution in [0.1, 0.15) is 22.8 Å². The van der Waals surface area contributed by atoms with Crippen molar-refractivity contribution < 1.29 is 13.9 Å². The van der Waals surface area contributed by atoms with Crippen molar-refractivity contribution in [2.45, 2.75) is 6.92 Å². The maximum absolute atomic E-state index is 12.8. The Hall–Kier alpha value is -2.69. The maximum Gasteiger partial charge on any atom is 0.271 e. The van der Waals surface area contributed by atoms with E-state index in [-0.39, 0.29) is 11.7 Å². The number of hydrogen-bond donors (Lipinski definition) is 1. The fraction of sp³-hybridized carbons (Fsp3) is 0.125. The number of amides is 1. The van der Waals surface area contributed by atoms with E-state index in [2.05, 4.69) is 10.5 Å². The summed E-state index contributed by atoms with van der Waals surface area (Å²) in [4.78, 5) is 11.9. The standard InChI is InChI=1S/C16H15FN2O2/c1-11(12-3-7-14(17)8-4-12)18-19-16(20)13-5-9-15(21-2)10-6-13/h3-10H,1-2H3,(H,19,20)/b18-11+. The van der Waals surface area contributed by atoms with E-state index in [1.165, 1.54) is 12.1 Å². The Morgan fingerprint density at radius 1 is 1.05 bits per heavy atom. The molecule has 0 aromatic heterocycles. The fourth-order valence-corrected chi connectivity index (χ4v) is 1.70. The number of methoxy groups -OCH3 is 1. The zero-order chi connectivity index (χ0) is 15.2. The van der Waals surface area contributed by atoms with Gasteiger partial charge in [-0.15, -0.1) is 0 Å². The Balaban J connectivity index is 2.04. The third-order valence-electron chi connectivity index (χ3n) is 2.94. The van der Waals surface area contributed by atoms with Gasteiger partial charge in [-0.3, -0.25) is 4.79 Å². The zero-order valence-corrected chi connectivity index (χ0v) is 11.8. The molecule has 0 aliphatic heterocycles. The lowest BCUT2D eigenvalue weighted by atomic mass is 10.1. The minimum Gasteiger partial charge on any atom is -0.497 e. The van der Waals surface area contributed by atoms with Crippen LogP contribution in [0.3, 0.4) is 0 Å². The number of carbonyl (C=O) groups excluding carboxylic acids is 1. The SMILES string of the molecule is COc1ccc(C(=O)N/N=C(\C)c2ccc(F)cc2)cc1. The summed E-state index contributed by atoms with van der Waals surface area (Å²) in [6, 6.07) is 12.6. The van der Waals surface area contributed by atoms with E-state index in [1.807, 2.05) is 0 Å². The van der Waals surface area contributed by atoms with E-state index in [4.69, 9.17) is 4.74 Å². The average molecular weight is 286 g/mol. The Bertz CT molecular complexity index is 649. The molecule has 5 heteroatoms. The number of halogens is 1. The zero-order valence-electron chi connectivity index (χ0n) is 11.8. The molecule has 1 amide bonds. The molecule has 2 aromatic rings. The van der Waals surface area contributed by atoms with Crippen LogP contribution >= 0.6 is 0 Å². The topological polar surface area (TPSA) is 50.7 Å². The molecule has 0 atom stereocenters. The largest absolute Gasteiger partial charge is 0.497 e. The Labute approximate surface area is 122 Å². The second-order valence-corrected chi connectivity index (χ2v) is 4.37. The van der Waals surface area contributed by atoms with Crippen LogP contribution in [0.25, 0.3) is 0 Å². The first kappa shape index (κ1) is 14.7. The molecule has 0 saturated heterocycles. The van der Waals surface area contributed by atoms with Crippen molar-refractivity contribution in [1.29, 1.82) is 0 Å². The summed E-state index contributed by atoms with van der Waals surface area (Å²) >= 11 is 0. The van der Waals surface area contributed by atoms with Crippen molar-refractivity contribution in [2.24, 2.45) is 5.10 Å². The van der Waals surface area contributed by atoms with Crippen LogP contribution in [0, 0.1) is 5.82 Å². The van der Waals surface area contributed by atoms with E-state index in [1.54, 1.807) is 50.4 Å². The van der Waals surface area contributed by atoms with Crippen LogP contribution in [0.4, 0.5) is 4.39 Å². The summed E-state index contributed by atoms with van der Waals surface area (Å²) in [6.07, 6.45) is 0. The van der Waals surface area contributed by atoms with Crippen molar-refractivity contribution in [3.8, 4) is 5.75 Å². The molecule has 4 nitrogen and oxygen atoms in total. The molecule has 0 aliphatic rings. The predicted octanol–water partition coefficient (Wildman–Crippen LogP) is 2.99. The summed E-state index contributed by atoms with van der Waals surface area (Å²) < 4.78 is 17.9. The normalized spacial score (nSPS) is 11.1. The predicted molar refractivity (Wildman–Crippen MR) is 79.1 cm³/mol. The first-order chi connectivity index (χ1) is 10.1. The van der Waals surface area contributed by atoms with Gasteiger partial charge in [0.2, 0.25) is 0 Å². The van der Waals surface area contributed by atoms with Gasteiger partial charge in [0.1, 0.15) is 11.6 Å². The summed E-state index contributed by atoms with van der Waals surface area (Å²) in [5.41, 5.74) is 4.28. The van der Waals surface area contributed by atoms with Gasteiger partial charge in [-0.05, 0) is 48.9 Å². The number of benzene rings is 2. The van der Waals surface area contributed by atoms with Gasteiger partial charge in [0.15, 0.2) is 0 Å². The molecule has 21 heavy (non-hydrogen) atoms. The summed E-state index contributed by atoms with van der Waals surface area (Å²) in [6.45, 7) is 1.74. The lowest BCUT2D eigenvalue weighted by molar-refractivity contribution is 0.0955. The van der Waals surface area contributed by atoms with Crippen LogP contribution in [0.2, 0.25) is 0 Å². The average Bonchev–Trinajstić information content (AvgIpc) is 2.53. The van der Waals surface area contributed by atoms with E-state index < -0.39 is 0 Å². The smallest absolute Gasteiger partial charge is 0.271 e. The van der Waals surface area contributed by atoms with Crippen molar-refractivity contribution in [1.82, 2.24) is 5.43 Å². The molecule has 2 aromatic carbocycles. The number of nitrogens with one attached hydrogen (secondary N) is 1. The minimum atomic E-state index is -0.320. The number of hydrogen-bond acceptors (Lipinski definition) is 3. The van der Waals surface area contributed by atoms with Crippen LogP contribution in [-0.2, 0) is 0 Å². The molecular formula is C16H15FN2O2. The Morgan fingerprint density at radius 3 is 2.19 bits per heavy atom. The third-order valence-corrected chi connectivity index (χ3v) is 2.94. The van der Waals surface area contributed by atoms with E-state index in [9.17, 15) is 9.18 Å². The first-order valence-corrected chi connectivity index (χ1v) is 6.35. The molecule has 2 rings (SSSR count). The molecule has 0 heterocycles. The summed E-state index contributed by atoms with van der Waals surface area (Å²) in [7, 11) is 1.56. The first-order valence-electron chi connectivity index (χ1n) is 6.35. The molecule has 108 valence electrons. The number of rotatable bonds is 4. The molecule has 0 bridgehead atoms. The molecule has 0 aliphatic carbocycles. The van der Waals surface area contributed by atoms with Crippen molar-refractivity contribution in [3.63, 3.8) is 0 Å². The quantitative estimate of drug-likeness (QED) is 0.694. The molecule has 0 unspecified atom stereocenters. The van der Waals surface area contributed by atoms with Gasteiger partial charge in [0, 0.05) is 5.56 Å². The van der Waals surface area contributed by atoms with Crippen molar-refractivity contribution in [3.05, 3.63) is 65.5 Å². The molecule has 0 radical (unpaired) electrons. The van der Waals surface area contributed by atoms with Crippen LogP contribution < -0.4 is 10.2 Å². The van der Waals surface area contributed by atoms with Crippen LogP contribution in [0.15, 0.2) is 53.6 Å². The van der Waals surface area contributed by atoms with Gasteiger partial charge in [-0.25, -0.2) is 9.82 Å². The third kappa shape index (κ3) is 3.89. The number of nitrogens with zero attached hydrogens (tertiary/aromatic N) is 1. The van der Waals surface area contributed by atoms with Crippen molar-refractivity contribution in [2.75, 3.05) is 7.11 Å². The molecule has 0 spiro atoms.